The van der Waals surface area contributed by atoms with Crippen molar-refractivity contribution >= 4 is 41.6 Å². The molecular weight excluding hydrogens is 347 g/mol. The van der Waals surface area contributed by atoms with Crippen molar-refractivity contribution in [1.82, 2.24) is 0 Å². The predicted octanol–water partition coefficient (Wildman–Crippen LogP) is 3.89. The maximum atomic E-state index is 11.9. The van der Waals surface area contributed by atoms with Gasteiger partial charge < -0.3 is 0 Å². The summed E-state index contributed by atoms with van der Waals surface area (Å²) in [6.45, 7) is 3.88. The average molecular weight is 372 g/mol. The van der Waals surface area contributed by atoms with Crippen molar-refractivity contribution in [2.45, 2.75) is 44.8 Å². The Bertz CT molecular complexity index is 383. The van der Waals surface area contributed by atoms with Crippen molar-refractivity contribution in [2.24, 2.45) is 0 Å². The molecule has 0 aromatic carbocycles. The molecule has 0 unspecified atom stereocenters. The Hall–Kier alpha value is 0.150. The highest BCUT2D eigenvalue weighted by Crippen LogP contribution is 2.48. The summed E-state index contributed by atoms with van der Waals surface area (Å²) < 4.78 is 26.4. The molecule has 0 saturated heterocycles. The SMILES string of the molecule is CCCC(=O)SC[C@H](COP(=O)(OC)OC)SC(=O)CCC. The highest BCUT2D eigenvalue weighted by Gasteiger charge is 2.26. The highest BCUT2D eigenvalue weighted by molar-refractivity contribution is 8.17. The summed E-state index contributed by atoms with van der Waals surface area (Å²) in [6, 6.07) is 0. The second-order valence-electron chi connectivity index (χ2n) is 4.40. The summed E-state index contributed by atoms with van der Waals surface area (Å²) in [7, 11) is -1.11. The number of phosphoric ester groups is 1. The van der Waals surface area contributed by atoms with Crippen LogP contribution in [0.2, 0.25) is 0 Å². The highest BCUT2D eigenvalue weighted by atomic mass is 32.2. The van der Waals surface area contributed by atoms with Gasteiger partial charge in [-0.2, -0.15) is 0 Å². The molecule has 6 nitrogen and oxygen atoms in total. The van der Waals surface area contributed by atoms with Gasteiger partial charge in [0.2, 0.25) is 0 Å². The summed E-state index contributed by atoms with van der Waals surface area (Å²) in [5, 5.41) is -0.162. The first kappa shape index (κ1) is 22.1. The van der Waals surface area contributed by atoms with E-state index in [2.05, 4.69) is 0 Å². The molecule has 0 aliphatic carbocycles. The van der Waals surface area contributed by atoms with Gasteiger partial charge in [-0.05, 0) is 12.8 Å². The van der Waals surface area contributed by atoms with E-state index in [1.165, 1.54) is 26.0 Å². The molecule has 0 aromatic heterocycles. The van der Waals surface area contributed by atoms with Crippen LogP contribution in [0.5, 0.6) is 0 Å². The second-order valence-corrected chi connectivity index (χ2v) is 8.72. The summed E-state index contributed by atoms with van der Waals surface area (Å²) in [6.07, 6.45) is 2.51. The molecule has 22 heavy (non-hydrogen) atoms. The van der Waals surface area contributed by atoms with Gasteiger partial charge in [0, 0.05) is 38.1 Å². The smallest absolute Gasteiger partial charge is 0.290 e. The summed E-state index contributed by atoms with van der Waals surface area (Å²) >= 11 is 2.29. The van der Waals surface area contributed by atoms with E-state index in [4.69, 9.17) is 13.6 Å². The number of phosphoric acid groups is 1. The van der Waals surface area contributed by atoms with Gasteiger partial charge in [-0.25, -0.2) is 4.57 Å². The maximum absolute atomic E-state index is 11.9. The van der Waals surface area contributed by atoms with E-state index in [0.717, 1.165) is 24.6 Å². The molecule has 0 aliphatic heterocycles. The molecule has 9 heteroatoms. The largest absolute Gasteiger partial charge is 0.474 e. The zero-order valence-corrected chi connectivity index (χ0v) is 16.1. The second kappa shape index (κ2) is 12.6. The summed E-state index contributed by atoms with van der Waals surface area (Å²) in [4.78, 5) is 23.4. The normalized spacial score (nSPS) is 13.1. The van der Waals surface area contributed by atoms with E-state index in [1.54, 1.807) is 0 Å². The molecular formula is C13H25O6PS2. The lowest BCUT2D eigenvalue weighted by atomic mass is 10.4. The number of hydrogen-bond donors (Lipinski definition) is 0. The average Bonchev–Trinajstić information content (AvgIpc) is 2.50. The van der Waals surface area contributed by atoms with E-state index in [-0.39, 0.29) is 22.1 Å². The lowest BCUT2D eigenvalue weighted by Gasteiger charge is -2.18. The van der Waals surface area contributed by atoms with Crippen LogP contribution in [0, 0.1) is 0 Å². The first-order valence-corrected chi connectivity index (χ1v) is 10.4. The third kappa shape index (κ3) is 10.0. The third-order valence-electron chi connectivity index (χ3n) is 2.50. The molecule has 0 saturated carbocycles. The van der Waals surface area contributed by atoms with E-state index >= 15 is 0 Å². The first-order chi connectivity index (χ1) is 10.4. The van der Waals surface area contributed by atoms with Gasteiger partial charge in [-0.3, -0.25) is 23.2 Å². The Morgan fingerprint density at radius 2 is 1.59 bits per heavy atom. The molecule has 130 valence electrons. The van der Waals surface area contributed by atoms with Crippen LogP contribution in [0.25, 0.3) is 0 Å². The van der Waals surface area contributed by atoms with Crippen molar-refractivity contribution in [3.63, 3.8) is 0 Å². The van der Waals surface area contributed by atoms with Crippen molar-refractivity contribution in [3.8, 4) is 0 Å². The number of carbonyl (C=O) groups excluding carboxylic acids is 2. The van der Waals surface area contributed by atoms with Crippen LogP contribution >= 0.6 is 31.3 Å². The Kier molecular flexibility index (Phi) is 12.6. The minimum absolute atomic E-state index is 0.0193. The number of carbonyl (C=O) groups is 2. The van der Waals surface area contributed by atoms with Gasteiger partial charge in [-0.1, -0.05) is 37.4 Å². The lowest BCUT2D eigenvalue weighted by Crippen LogP contribution is -2.18. The van der Waals surface area contributed by atoms with Crippen molar-refractivity contribution in [2.75, 3.05) is 26.6 Å². The van der Waals surface area contributed by atoms with Crippen LogP contribution in [0.1, 0.15) is 39.5 Å². The molecule has 1 atom stereocenters. The van der Waals surface area contributed by atoms with Crippen molar-refractivity contribution in [3.05, 3.63) is 0 Å². The predicted molar refractivity (Wildman–Crippen MR) is 91.2 cm³/mol. The Labute approximate surface area is 141 Å². The molecule has 0 aromatic rings. The number of thioether (sulfide) groups is 2. The van der Waals surface area contributed by atoms with Crippen LogP contribution in [-0.4, -0.2) is 42.1 Å². The van der Waals surface area contributed by atoms with E-state index < -0.39 is 7.82 Å². The third-order valence-corrected chi connectivity index (χ3v) is 6.27. The summed E-state index contributed by atoms with van der Waals surface area (Å²) in [5.74, 6) is 0.423. The lowest BCUT2D eigenvalue weighted by molar-refractivity contribution is -0.111. The molecule has 0 N–H and O–H groups in total. The molecule has 0 aliphatic rings. The molecule has 0 radical (unpaired) electrons. The molecule has 0 fully saturated rings. The fourth-order valence-electron chi connectivity index (χ4n) is 1.38. The topological polar surface area (TPSA) is 78.9 Å². The van der Waals surface area contributed by atoms with Crippen LogP contribution < -0.4 is 0 Å². The molecule has 0 bridgehead atoms. The standard InChI is InChI=1S/C13H25O6PS2/c1-5-7-12(14)21-10-11(22-13(15)8-6-2)9-19-20(16,17-3)18-4/h11H,5-10H2,1-4H3/t11-/m0/s1. The van der Waals surface area contributed by atoms with Gasteiger partial charge in [0.15, 0.2) is 10.2 Å². The fraction of sp³-hybridized carbons (Fsp3) is 0.846. The van der Waals surface area contributed by atoms with Crippen molar-refractivity contribution < 1.29 is 27.7 Å². The zero-order chi connectivity index (χ0) is 17.0. The van der Waals surface area contributed by atoms with E-state index in [0.29, 0.717) is 18.6 Å². The van der Waals surface area contributed by atoms with Crippen LogP contribution in [0.3, 0.4) is 0 Å². The van der Waals surface area contributed by atoms with Gasteiger partial charge in [0.05, 0.1) is 6.61 Å². The van der Waals surface area contributed by atoms with E-state index in [1.807, 2.05) is 13.8 Å². The van der Waals surface area contributed by atoms with Gasteiger partial charge in [-0.15, -0.1) is 0 Å². The molecule has 0 amide bonds. The van der Waals surface area contributed by atoms with Crippen LogP contribution in [-0.2, 0) is 27.7 Å². The van der Waals surface area contributed by atoms with Gasteiger partial charge in [0.1, 0.15) is 0 Å². The number of hydrogen-bond acceptors (Lipinski definition) is 8. The quantitative estimate of drug-likeness (QED) is 0.477. The fourth-order valence-corrected chi connectivity index (χ4v) is 4.33. The summed E-state index contributed by atoms with van der Waals surface area (Å²) in [5.41, 5.74) is 0. The minimum atomic E-state index is -3.57. The van der Waals surface area contributed by atoms with E-state index in [9.17, 15) is 14.2 Å². The molecule has 0 rings (SSSR count). The van der Waals surface area contributed by atoms with Crippen LogP contribution in [0.4, 0.5) is 0 Å². The van der Waals surface area contributed by atoms with Crippen LogP contribution in [0.15, 0.2) is 0 Å². The maximum Gasteiger partial charge on any atom is 0.474 e. The minimum Gasteiger partial charge on any atom is -0.290 e. The first-order valence-electron chi connectivity index (χ1n) is 7.11. The monoisotopic (exact) mass is 372 g/mol. The van der Waals surface area contributed by atoms with Gasteiger partial charge >= 0.3 is 7.82 Å². The van der Waals surface area contributed by atoms with Gasteiger partial charge in [0.25, 0.3) is 0 Å². The Morgan fingerprint density at radius 3 is 2.09 bits per heavy atom. The molecule has 0 heterocycles. The Balaban J connectivity index is 4.54. The number of rotatable bonds is 12. The zero-order valence-electron chi connectivity index (χ0n) is 13.5. The van der Waals surface area contributed by atoms with Crippen molar-refractivity contribution in [1.29, 1.82) is 0 Å². The Morgan fingerprint density at radius 1 is 1.05 bits per heavy atom. The molecule has 0 spiro atoms.